The molecule has 0 bridgehead atoms. The van der Waals surface area contributed by atoms with Crippen LogP contribution < -0.4 is 15.5 Å². The molecule has 0 radical (unpaired) electrons. The van der Waals surface area contributed by atoms with Crippen molar-refractivity contribution in [1.29, 1.82) is 0 Å². The number of benzene rings is 1. The standard InChI is InChI=1S/C20H27N5O2/c1-3-25(4-2)16-9-7-15(8-10-16)24-20(26)18-12-19(23-14-22-18)21-13-17-6-5-11-27-17/h7-10,12,14,17H,3-6,11,13H2,1-2H3,(H,24,26)(H,21,22,23). The van der Waals surface area contributed by atoms with Gasteiger partial charge in [-0.05, 0) is 51.0 Å². The number of nitrogens with zero attached hydrogens (tertiary/aromatic N) is 3. The van der Waals surface area contributed by atoms with Gasteiger partial charge in [0.2, 0.25) is 0 Å². The summed E-state index contributed by atoms with van der Waals surface area (Å²) in [6.45, 7) is 7.65. The third kappa shape index (κ3) is 5.17. The van der Waals surface area contributed by atoms with Crippen LogP contribution in [-0.4, -0.2) is 48.2 Å². The molecule has 7 nitrogen and oxygen atoms in total. The molecular formula is C20H27N5O2. The molecule has 7 heteroatoms. The van der Waals surface area contributed by atoms with Gasteiger partial charge in [0.25, 0.3) is 5.91 Å². The van der Waals surface area contributed by atoms with E-state index in [2.05, 4.69) is 39.3 Å². The zero-order valence-electron chi connectivity index (χ0n) is 15.9. The van der Waals surface area contributed by atoms with Crippen LogP contribution in [0.25, 0.3) is 0 Å². The number of hydrogen-bond acceptors (Lipinski definition) is 6. The highest BCUT2D eigenvalue weighted by molar-refractivity contribution is 6.03. The normalized spacial score (nSPS) is 16.1. The number of rotatable bonds is 8. The zero-order chi connectivity index (χ0) is 19.1. The predicted octanol–water partition coefficient (Wildman–Crippen LogP) is 3.17. The summed E-state index contributed by atoms with van der Waals surface area (Å²) in [7, 11) is 0. The second kappa shape index (κ2) is 9.32. The number of anilines is 3. The van der Waals surface area contributed by atoms with Gasteiger partial charge in [0.1, 0.15) is 17.8 Å². The van der Waals surface area contributed by atoms with Crippen molar-refractivity contribution in [2.24, 2.45) is 0 Å². The fourth-order valence-corrected chi connectivity index (χ4v) is 3.14. The third-order valence-electron chi connectivity index (χ3n) is 4.69. The Morgan fingerprint density at radius 1 is 1.22 bits per heavy atom. The second-order valence-corrected chi connectivity index (χ2v) is 6.48. The van der Waals surface area contributed by atoms with Crippen LogP contribution in [-0.2, 0) is 4.74 Å². The quantitative estimate of drug-likeness (QED) is 0.744. The van der Waals surface area contributed by atoms with E-state index in [4.69, 9.17) is 4.74 Å². The topological polar surface area (TPSA) is 79.4 Å². The van der Waals surface area contributed by atoms with Crippen molar-refractivity contribution >= 4 is 23.1 Å². The summed E-state index contributed by atoms with van der Waals surface area (Å²) in [6.07, 6.45) is 3.75. The number of hydrogen-bond donors (Lipinski definition) is 2. The summed E-state index contributed by atoms with van der Waals surface area (Å²) in [4.78, 5) is 23.0. The molecule has 1 aromatic carbocycles. The van der Waals surface area contributed by atoms with Crippen molar-refractivity contribution in [2.75, 3.05) is 41.8 Å². The first kappa shape index (κ1) is 19.1. The minimum atomic E-state index is -0.256. The first-order chi connectivity index (χ1) is 13.2. The van der Waals surface area contributed by atoms with Gasteiger partial charge in [-0.3, -0.25) is 4.79 Å². The van der Waals surface area contributed by atoms with Crippen molar-refractivity contribution in [1.82, 2.24) is 9.97 Å². The van der Waals surface area contributed by atoms with Gasteiger partial charge in [0, 0.05) is 43.7 Å². The van der Waals surface area contributed by atoms with Crippen molar-refractivity contribution in [3.8, 4) is 0 Å². The SMILES string of the molecule is CCN(CC)c1ccc(NC(=O)c2cc(NCC3CCCO3)ncn2)cc1. The largest absolute Gasteiger partial charge is 0.376 e. The smallest absolute Gasteiger partial charge is 0.274 e. The Morgan fingerprint density at radius 2 is 2.00 bits per heavy atom. The van der Waals surface area contributed by atoms with Crippen molar-refractivity contribution in [3.05, 3.63) is 42.4 Å². The van der Waals surface area contributed by atoms with Gasteiger partial charge in [0.05, 0.1) is 6.10 Å². The number of ether oxygens (including phenoxy) is 1. The molecule has 2 N–H and O–H groups in total. The van der Waals surface area contributed by atoms with E-state index in [-0.39, 0.29) is 12.0 Å². The molecule has 0 spiro atoms. The molecule has 27 heavy (non-hydrogen) atoms. The monoisotopic (exact) mass is 369 g/mol. The highest BCUT2D eigenvalue weighted by Gasteiger charge is 2.16. The molecule has 2 heterocycles. The minimum absolute atomic E-state index is 0.210. The number of carbonyl (C=O) groups excluding carboxylic acids is 1. The summed E-state index contributed by atoms with van der Waals surface area (Å²) >= 11 is 0. The Hall–Kier alpha value is -2.67. The summed E-state index contributed by atoms with van der Waals surface area (Å²) < 4.78 is 5.59. The van der Waals surface area contributed by atoms with Crippen molar-refractivity contribution < 1.29 is 9.53 Å². The van der Waals surface area contributed by atoms with Crippen LogP contribution in [0.2, 0.25) is 0 Å². The van der Waals surface area contributed by atoms with Crippen LogP contribution in [0.1, 0.15) is 37.2 Å². The molecule has 3 rings (SSSR count). The maximum Gasteiger partial charge on any atom is 0.274 e. The van der Waals surface area contributed by atoms with Gasteiger partial charge < -0.3 is 20.3 Å². The van der Waals surface area contributed by atoms with Gasteiger partial charge in [0.15, 0.2) is 0 Å². The van der Waals surface area contributed by atoms with Crippen LogP contribution in [0.5, 0.6) is 0 Å². The summed E-state index contributed by atoms with van der Waals surface area (Å²) in [5.41, 5.74) is 2.21. The lowest BCUT2D eigenvalue weighted by molar-refractivity contribution is 0.102. The van der Waals surface area contributed by atoms with Gasteiger partial charge in [-0.25, -0.2) is 9.97 Å². The molecule has 1 aliphatic heterocycles. The number of nitrogens with one attached hydrogen (secondary N) is 2. The van der Waals surface area contributed by atoms with Gasteiger partial charge >= 0.3 is 0 Å². The lowest BCUT2D eigenvalue weighted by Crippen LogP contribution is -2.21. The molecule has 1 aliphatic rings. The average molecular weight is 369 g/mol. The van der Waals surface area contributed by atoms with E-state index in [1.165, 1.54) is 6.33 Å². The molecule has 1 saturated heterocycles. The molecular weight excluding hydrogens is 342 g/mol. The van der Waals surface area contributed by atoms with Crippen molar-refractivity contribution in [3.63, 3.8) is 0 Å². The van der Waals surface area contributed by atoms with Crippen LogP contribution in [0.3, 0.4) is 0 Å². The molecule has 1 aromatic heterocycles. The molecule has 0 saturated carbocycles. The first-order valence-corrected chi connectivity index (χ1v) is 9.53. The molecule has 1 fully saturated rings. The Kier molecular flexibility index (Phi) is 6.59. The van der Waals surface area contributed by atoms with Crippen LogP contribution in [0.15, 0.2) is 36.7 Å². The third-order valence-corrected chi connectivity index (χ3v) is 4.69. The molecule has 144 valence electrons. The highest BCUT2D eigenvalue weighted by Crippen LogP contribution is 2.18. The van der Waals surface area contributed by atoms with Gasteiger partial charge in [-0.1, -0.05) is 0 Å². The summed E-state index contributed by atoms with van der Waals surface area (Å²) in [6, 6.07) is 9.50. The van der Waals surface area contributed by atoms with Gasteiger partial charge in [-0.2, -0.15) is 0 Å². The fourth-order valence-electron chi connectivity index (χ4n) is 3.14. The molecule has 1 amide bonds. The lowest BCUT2D eigenvalue weighted by Gasteiger charge is -2.21. The molecule has 1 atom stereocenters. The predicted molar refractivity (Wildman–Crippen MR) is 107 cm³/mol. The lowest BCUT2D eigenvalue weighted by atomic mass is 10.2. The maximum atomic E-state index is 12.5. The highest BCUT2D eigenvalue weighted by atomic mass is 16.5. The summed E-state index contributed by atoms with van der Waals surface area (Å²) in [5, 5.41) is 6.10. The van der Waals surface area contributed by atoms with E-state index in [9.17, 15) is 4.79 Å². The number of carbonyl (C=O) groups is 1. The van der Waals surface area contributed by atoms with Crippen LogP contribution in [0.4, 0.5) is 17.2 Å². The number of aromatic nitrogens is 2. The zero-order valence-corrected chi connectivity index (χ0v) is 15.9. The Labute approximate surface area is 160 Å². The summed E-state index contributed by atoms with van der Waals surface area (Å²) in [5.74, 6) is 0.371. The minimum Gasteiger partial charge on any atom is -0.376 e. The number of amides is 1. The van der Waals surface area contributed by atoms with E-state index < -0.39 is 0 Å². The van der Waals surface area contributed by atoms with E-state index in [1.54, 1.807) is 6.07 Å². The van der Waals surface area contributed by atoms with E-state index in [1.807, 2.05) is 24.3 Å². The van der Waals surface area contributed by atoms with E-state index in [0.29, 0.717) is 18.1 Å². The first-order valence-electron chi connectivity index (χ1n) is 9.53. The molecule has 2 aromatic rings. The second-order valence-electron chi connectivity index (χ2n) is 6.48. The Balaban J connectivity index is 1.59. The molecule has 1 unspecified atom stereocenters. The van der Waals surface area contributed by atoms with Gasteiger partial charge in [-0.15, -0.1) is 0 Å². The van der Waals surface area contributed by atoms with E-state index in [0.717, 1.165) is 43.9 Å². The average Bonchev–Trinajstić information content (AvgIpc) is 3.22. The van der Waals surface area contributed by atoms with Crippen molar-refractivity contribution in [2.45, 2.75) is 32.8 Å². The van der Waals surface area contributed by atoms with Crippen LogP contribution >= 0.6 is 0 Å². The van der Waals surface area contributed by atoms with Crippen LogP contribution in [0, 0.1) is 0 Å². The Bertz CT molecular complexity index is 740. The Morgan fingerprint density at radius 3 is 2.67 bits per heavy atom. The fraction of sp³-hybridized carbons (Fsp3) is 0.450. The molecule has 0 aliphatic carbocycles. The maximum absolute atomic E-state index is 12.5. The van der Waals surface area contributed by atoms with E-state index >= 15 is 0 Å².